The minimum absolute atomic E-state index is 0.0104. The highest BCUT2D eigenvalue weighted by molar-refractivity contribution is 7.21. The summed E-state index contributed by atoms with van der Waals surface area (Å²) in [5.74, 6) is -0.643. The number of esters is 1. The molecule has 2 rings (SSSR count). The molecule has 1 amide bonds. The van der Waals surface area contributed by atoms with Crippen LogP contribution < -0.4 is 5.32 Å². The van der Waals surface area contributed by atoms with Crippen LogP contribution in [0.15, 0.2) is 18.2 Å². The third kappa shape index (κ3) is 4.37. The fourth-order valence-corrected chi connectivity index (χ4v) is 3.51. The molecule has 0 unspecified atom stereocenters. The number of benzene rings is 1. The van der Waals surface area contributed by atoms with Crippen molar-refractivity contribution in [2.75, 3.05) is 6.61 Å². The number of hydrogen-bond donors (Lipinski definition) is 1. The molecule has 0 radical (unpaired) electrons. The van der Waals surface area contributed by atoms with Gasteiger partial charge in [0.1, 0.15) is 4.88 Å². The van der Waals surface area contributed by atoms with Gasteiger partial charge < -0.3 is 10.1 Å². The van der Waals surface area contributed by atoms with Gasteiger partial charge >= 0.3 is 5.97 Å². The Kier molecular flexibility index (Phi) is 5.89. The Bertz CT molecular complexity index is 742. The molecule has 124 valence electrons. The first-order valence-electron chi connectivity index (χ1n) is 7.13. The molecule has 1 heterocycles. The van der Waals surface area contributed by atoms with Crippen LogP contribution in [0, 0.1) is 5.92 Å². The number of carbonyl (C=O) groups is 2. The Balaban J connectivity index is 2.04. The van der Waals surface area contributed by atoms with Gasteiger partial charge in [0.15, 0.2) is 6.61 Å². The Morgan fingerprint density at radius 2 is 1.96 bits per heavy atom. The van der Waals surface area contributed by atoms with Gasteiger partial charge in [0, 0.05) is 21.2 Å². The van der Waals surface area contributed by atoms with E-state index in [0.717, 1.165) is 10.1 Å². The maximum absolute atomic E-state index is 12.1. The number of hydrogen-bond acceptors (Lipinski definition) is 4. The molecule has 1 atom stereocenters. The highest BCUT2D eigenvalue weighted by Crippen LogP contribution is 2.37. The summed E-state index contributed by atoms with van der Waals surface area (Å²) < 4.78 is 5.85. The van der Waals surface area contributed by atoms with E-state index in [1.165, 1.54) is 11.3 Å². The normalized spacial score (nSPS) is 12.4. The minimum Gasteiger partial charge on any atom is -0.451 e. The number of ether oxygens (including phenoxy) is 1. The number of halogens is 2. The molecule has 0 saturated carbocycles. The molecule has 2 aromatic rings. The monoisotopic (exact) mass is 373 g/mol. The molecular formula is C16H17Cl2NO3S. The number of nitrogens with one attached hydrogen (secondary N) is 1. The van der Waals surface area contributed by atoms with Crippen molar-refractivity contribution in [3.8, 4) is 0 Å². The minimum atomic E-state index is -0.611. The smallest absolute Gasteiger partial charge is 0.350 e. The molecule has 1 aromatic heterocycles. The quantitative estimate of drug-likeness (QED) is 0.783. The van der Waals surface area contributed by atoms with E-state index in [-0.39, 0.29) is 23.4 Å². The molecule has 7 heteroatoms. The second-order valence-corrected chi connectivity index (χ2v) is 7.43. The van der Waals surface area contributed by atoms with Gasteiger partial charge in [-0.05, 0) is 25.0 Å². The van der Waals surface area contributed by atoms with E-state index in [9.17, 15) is 9.59 Å². The molecule has 4 nitrogen and oxygen atoms in total. The number of rotatable bonds is 5. The van der Waals surface area contributed by atoms with Crippen LogP contribution in [0.5, 0.6) is 0 Å². The number of amides is 1. The molecule has 1 N–H and O–H groups in total. The summed E-state index contributed by atoms with van der Waals surface area (Å²) in [7, 11) is 0. The lowest BCUT2D eigenvalue weighted by molar-refractivity contribution is -0.125. The van der Waals surface area contributed by atoms with Gasteiger partial charge in [-0.1, -0.05) is 43.1 Å². The number of fused-ring (bicyclic) bond motifs is 1. The summed E-state index contributed by atoms with van der Waals surface area (Å²) >= 11 is 13.3. The van der Waals surface area contributed by atoms with Gasteiger partial charge in [-0.15, -0.1) is 11.3 Å². The van der Waals surface area contributed by atoms with Crippen LogP contribution in [0.2, 0.25) is 10.0 Å². The fraction of sp³-hybridized carbons (Fsp3) is 0.375. The topological polar surface area (TPSA) is 55.4 Å². The molecule has 0 aliphatic carbocycles. The number of carbonyl (C=O) groups excluding carboxylic acids is 2. The standard InChI is InChI=1S/C16H17Cl2NO3S/c1-8(2)9(3)19-13(20)7-22-16(21)15-14(18)11-5-4-10(17)6-12(11)23-15/h4-6,8-9H,7H2,1-3H3,(H,19,20)/t9-/m0/s1. The van der Waals surface area contributed by atoms with E-state index in [0.29, 0.717) is 16.0 Å². The van der Waals surface area contributed by atoms with Gasteiger partial charge in [0.25, 0.3) is 5.91 Å². The maximum Gasteiger partial charge on any atom is 0.350 e. The lowest BCUT2D eigenvalue weighted by Crippen LogP contribution is -2.38. The summed E-state index contributed by atoms with van der Waals surface area (Å²) in [6.07, 6.45) is 0. The highest BCUT2D eigenvalue weighted by atomic mass is 35.5. The van der Waals surface area contributed by atoms with Crippen LogP contribution in [-0.4, -0.2) is 24.5 Å². The molecular weight excluding hydrogens is 357 g/mol. The first kappa shape index (κ1) is 18.0. The predicted octanol–water partition coefficient (Wildman–Crippen LogP) is 4.53. The van der Waals surface area contributed by atoms with Crippen LogP contribution in [0.3, 0.4) is 0 Å². The van der Waals surface area contributed by atoms with Gasteiger partial charge in [-0.2, -0.15) is 0 Å². The first-order valence-corrected chi connectivity index (χ1v) is 8.71. The van der Waals surface area contributed by atoms with Crippen molar-refractivity contribution in [3.05, 3.63) is 33.1 Å². The van der Waals surface area contributed by atoms with Gasteiger partial charge in [-0.25, -0.2) is 4.79 Å². The molecule has 0 aliphatic heterocycles. The fourth-order valence-electron chi connectivity index (χ4n) is 1.83. The molecule has 0 saturated heterocycles. The average molecular weight is 374 g/mol. The summed E-state index contributed by atoms with van der Waals surface area (Å²) in [6, 6.07) is 5.21. The van der Waals surface area contributed by atoms with Crippen molar-refractivity contribution in [2.24, 2.45) is 5.92 Å². The molecule has 0 aliphatic rings. The second-order valence-electron chi connectivity index (χ2n) is 5.56. The van der Waals surface area contributed by atoms with Crippen LogP contribution >= 0.6 is 34.5 Å². The Hall–Kier alpha value is -1.30. The van der Waals surface area contributed by atoms with E-state index in [1.54, 1.807) is 18.2 Å². The van der Waals surface area contributed by atoms with Gasteiger partial charge in [0.2, 0.25) is 0 Å². The van der Waals surface area contributed by atoms with Crippen molar-refractivity contribution in [2.45, 2.75) is 26.8 Å². The zero-order chi connectivity index (χ0) is 17.1. The SMILES string of the molecule is CC(C)[C@H](C)NC(=O)COC(=O)c1sc2cc(Cl)ccc2c1Cl. The van der Waals surface area contributed by atoms with Gasteiger partial charge in [0.05, 0.1) is 5.02 Å². The van der Waals surface area contributed by atoms with E-state index in [4.69, 9.17) is 27.9 Å². The van der Waals surface area contributed by atoms with Crippen molar-refractivity contribution < 1.29 is 14.3 Å². The second kappa shape index (κ2) is 7.51. The molecule has 1 aromatic carbocycles. The lowest BCUT2D eigenvalue weighted by atomic mass is 10.1. The van der Waals surface area contributed by atoms with Crippen LogP contribution in [-0.2, 0) is 9.53 Å². The van der Waals surface area contributed by atoms with E-state index >= 15 is 0 Å². The Morgan fingerprint density at radius 1 is 1.26 bits per heavy atom. The average Bonchev–Trinajstić information content (AvgIpc) is 2.81. The van der Waals surface area contributed by atoms with Crippen LogP contribution in [0.25, 0.3) is 10.1 Å². The zero-order valence-electron chi connectivity index (χ0n) is 13.0. The van der Waals surface area contributed by atoms with E-state index in [2.05, 4.69) is 5.32 Å². The number of thiophene rings is 1. The first-order chi connectivity index (χ1) is 10.8. The van der Waals surface area contributed by atoms with Crippen LogP contribution in [0.4, 0.5) is 0 Å². The molecule has 23 heavy (non-hydrogen) atoms. The summed E-state index contributed by atoms with van der Waals surface area (Å²) in [4.78, 5) is 24.2. The molecule has 0 fully saturated rings. The Labute approximate surface area is 148 Å². The summed E-state index contributed by atoms with van der Waals surface area (Å²) in [6.45, 7) is 5.57. The summed E-state index contributed by atoms with van der Waals surface area (Å²) in [5, 5.41) is 4.40. The lowest BCUT2D eigenvalue weighted by Gasteiger charge is -2.17. The van der Waals surface area contributed by atoms with Crippen molar-refractivity contribution >= 4 is 56.5 Å². The summed E-state index contributed by atoms with van der Waals surface area (Å²) in [5.41, 5.74) is 0. The van der Waals surface area contributed by atoms with Crippen molar-refractivity contribution in [1.29, 1.82) is 0 Å². The molecule has 0 spiro atoms. The van der Waals surface area contributed by atoms with E-state index < -0.39 is 5.97 Å². The van der Waals surface area contributed by atoms with Crippen LogP contribution in [0.1, 0.15) is 30.4 Å². The van der Waals surface area contributed by atoms with Gasteiger partial charge in [-0.3, -0.25) is 4.79 Å². The predicted molar refractivity (Wildman–Crippen MR) is 94.6 cm³/mol. The highest BCUT2D eigenvalue weighted by Gasteiger charge is 2.20. The zero-order valence-corrected chi connectivity index (χ0v) is 15.3. The van der Waals surface area contributed by atoms with E-state index in [1.807, 2.05) is 20.8 Å². The molecule has 0 bridgehead atoms. The van der Waals surface area contributed by atoms with Crippen molar-refractivity contribution in [3.63, 3.8) is 0 Å². The third-order valence-corrected chi connectivity index (χ3v) is 5.37. The third-order valence-electron chi connectivity index (χ3n) is 3.50. The largest absolute Gasteiger partial charge is 0.451 e. The Morgan fingerprint density at radius 3 is 2.61 bits per heavy atom. The maximum atomic E-state index is 12.1. The van der Waals surface area contributed by atoms with Crippen molar-refractivity contribution in [1.82, 2.24) is 5.32 Å².